The van der Waals surface area contributed by atoms with Gasteiger partial charge in [0.25, 0.3) is 0 Å². The highest BCUT2D eigenvalue weighted by Gasteiger charge is 2.09. The summed E-state index contributed by atoms with van der Waals surface area (Å²) in [6, 6.07) is 1.88. The zero-order chi connectivity index (χ0) is 13.0. The number of rotatable bonds is 5. The second kappa shape index (κ2) is 5.54. The van der Waals surface area contributed by atoms with Crippen molar-refractivity contribution in [3.63, 3.8) is 0 Å². The molecule has 0 unspecified atom stereocenters. The van der Waals surface area contributed by atoms with Gasteiger partial charge < -0.3 is 15.2 Å². The van der Waals surface area contributed by atoms with Gasteiger partial charge in [0.2, 0.25) is 0 Å². The lowest BCUT2D eigenvalue weighted by Crippen LogP contribution is -2.21. The monoisotopic (exact) mass is 247 g/mol. The van der Waals surface area contributed by atoms with E-state index >= 15 is 0 Å². The molecule has 2 N–H and O–H groups in total. The summed E-state index contributed by atoms with van der Waals surface area (Å²) in [7, 11) is 1.96. The Morgan fingerprint density at radius 1 is 1.39 bits per heavy atom. The third-order valence-electron chi connectivity index (χ3n) is 2.72. The number of aromatic nitrogens is 5. The van der Waals surface area contributed by atoms with Crippen LogP contribution in [0, 0.1) is 0 Å². The highest BCUT2D eigenvalue weighted by Crippen LogP contribution is 2.11. The van der Waals surface area contributed by atoms with E-state index in [4.69, 9.17) is 5.73 Å². The van der Waals surface area contributed by atoms with E-state index in [1.807, 2.05) is 22.6 Å². The maximum absolute atomic E-state index is 5.57. The first kappa shape index (κ1) is 12.4. The van der Waals surface area contributed by atoms with E-state index in [9.17, 15) is 0 Å². The van der Waals surface area contributed by atoms with E-state index in [0.29, 0.717) is 13.1 Å². The number of hydrogen-bond donors (Lipinski definition) is 1. The van der Waals surface area contributed by atoms with Crippen molar-refractivity contribution >= 4 is 5.82 Å². The fraction of sp³-hybridized carbons (Fsp3) is 0.455. The SMILES string of the molecule is CCn1cnnc1CN(C)c1cc(CN)ncn1. The van der Waals surface area contributed by atoms with E-state index in [1.165, 1.54) is 6.33 Å². The summed E-state index contributed by atoms with van der Waals surface area (Å²) in [4.78, 5) is 10.3. The second-order valence-corrected chi connectivity index (χ2v) is 3.96. The molecule has 0 bridgehead atoms. The second-order valence-electron chi connectivity index (χ2n) is 3.96. The standard InChI is InChI=1S/C11H17N7/c1-3-18-8-15-16-11(18)6-17(2)10-4-9(5-12)13-7-14-10/h4,7-8H,3,5-6,12H2,1-2H3. The third kappa shape index (κ3) is 2.62. The Morgan fingerprint density at radius 2 is 2.22 bits per heavy atom. The van der Waals surface area contributed by atoms with Crippen LogP contribution in [0.25, 0.3) is 0 Å². The molecule has 0 saturated carbocycles. The molecule has 2 aromatic heterocycles. The first-order chi connectivity index (χ1) is 8.74. The number of aryl methyl sites for hydroxylation is 1. The molecule has 96 valence electrons. The van der Waals surface area contributed by atoms with Crippen molar-refractivity contribution in [2.75, 3.05) is 11.9 Å². The minimum absolute atomic E-state index is 0.411. The van der Waals surface area contributed by atoms with Crippen LogP contribution in [0.4, 0.5) is 5.82 Å². The molecule has 7 heteroatoms. The fourth-order valence-corrected chi connectivity index (χ4v) is 1.66. The van der Waals surface area contributed by atoms with E-state index in [2.05, 4.69) is 27.1 Å². The zero-order valence-electron chi connectivity index (χ0n) is 10.6. The summed E-state index contributed by atoms with van der Waals surface area (Å²) in [6.07, 6.45) is 3.26. The Bertz CT molecular complexity index is 508. The molecule has 7 nitrogen and oxygen atoms in total. The van der Waals surface area contributed by atoms with Crippen molar-refractivity contribution in [3.05, 3.63) is 30.2 Å². The normalized spacial score (nSPS) is 10.6. The van der Waals surface area contributed by atoms with Gasteiger partial charge in [-0.05, 0) is 6.92 Å². The molecule has 0 spiro atoms. The van der Waals surface area contributed by atoms with Crippen molar-refractivity contribution in [3.8, 4) is 0 Å². The predicted molar refractivity (Wildman–Crippen MR) is 67.7 cm³/mol. The van der Waals surface area contributed by atoms with Crippen molar-refractivity contribution < 1.29 is 0 Å². The van der Waals surface area contributed by atoms with Crippen LogP contribution in [0.5, 0.6) is 0 Å². The van der Waals surface area contributed by atoms with E-state index in [0.717, 1.165) is 23.9 Å². The van der Waals surface area contributed by atoms with Gasteiger partial charge in [-0.15, -0.1) is 10.2 Å². The lowest BCUT2D eigenvalue weighted by atomic mass is 10.3. The minimum Gasteiger partial charge on any atom is -0.352 e. The first-order valence-corrected chi connectivity index (χ1v) is 5.83. The van der Waals surface area contributed by atoms with Crippen molar-refractivity contribution in [2.24, 2.45) is 5.73 Å². The Balaban J connectivity index is 2.13. The van der Waals surface area contributed by atoms with Crippen molar-refractivity contribution in [1.82, 2.24) is 24.7 Å². The molecule has 2 rings (SSSR count). The van der Waals surface area contributed by atoms with Crippen LogP contribution in [0.2, 0.25) is 0 Å². The molecule has 2 heterocycles. The maximum atomic E-state index is 5.57. The van der Waals surface area contributed by atoms with Crippen LogP contribution in [-0.2, 0) is 19.6 Å². The number of nitrogens with zero attached hydrogens (tertiary/aromatic N) is 6. The quantitative estimate of drug-likeness (QED) is 0.811. The number of nitrogens with two attached hydrogens (primary N) is 1. The molecule has 0 fully saturated rings. The molecular formula is C11H17N7. The van der Waals surface area contributed by atoms with Crippen LogP contribution < -0.4 is 10.6 Å². The number of hydrogen-bond acceptors (Lipinski definition) is 6. The van der Waals surface area contributed by atoms with Gasteiger partial charge in [0, 0.05) is 26.2 Å². The van der Waals surface area contributed by atoms with Gasteiger partial charge in [0.15, 0.2) is 5.82 Å². The zero-order valence-corrected chi connectivity index (χ0v) is 10.6. The average Bonchev–Trinajstić information content (AvgIpc) is 2.86. The van der Waals surface area contributed by atoms with Crippen LogP contribution in [0.3, 0.4) is 0 Å². The van der Waals surface area contributed by atoms with Crippen molar-refractivity contribution in [1.29, 1.82) is 0 Å². The Kier molecular flexibility index (Phi) is 3.83. The molecule has 0 radical (unpaired) electrons. The summed E-state index contributed by atoms with van der Waals surface area (Å²) in [6.45, 7) is 3.97. The molecule has 0 amide bonds. The lowest BCUT2D eigenvalue weighted by Gasteiger charge is -2.17. The van der Waals surface area contributed by atoms with E-state index in [-0.39, 0.29) is 0 Å². The Hall–Kier alpha value is -2.02. The maximum Gasteiger partial charge on any atom is 0.152 e. The van der Waals surface area contributed by atoms with Gasteiger partial charge in [-0.3, -0.25) is 0 Å². The highest BCUT2D eigenvalue weighted by atomic mass is 15.3. The van der Waals surface area contributed by atoms with Crippen molar-refractivity contribution in [2.45, 2.75) is 26.6 Å². The van der Waals surface area contributed by atoms with Crippen LogP contribution >= 0.6 is 0 Å². The molecule has 0 aromatic carbocycles. The molecular weight excluding hydrogens is 230 g/mol. The summed E-state index contributed by atoms with van der Waals surface area (Å²) in [5.74, 6) is 1.74. The summed E-state index contributed by atoms with van der Waals surface area (Å²) < 4.78 is 2.00. The summed E-state index contributed by atoms with van der Waals surface area (Å²) in [5.41, 5.74) is 6.39. The minimum atomic E-state index is 0.411. The topological polar surface area (TPSA) is 85.8 Å². The van der Waals surface area contributed by atoms with Gasteiger partial charge in [0.1, 0.15) is 18.5 Å². The average molecular weight is 247 g/mol. The van der Waals surface area contributed by atoms with Crippen LogP contribution in [-0.4, -0.2) is 31.8 Å². The number of anilines is 1. The molecule has 0 aliphatic rings. The fourth-order valence-electron chi connectivity index (χ4n) is 1.66. The largest absolute Gasteiger partial charge is 0.352 e. The highest BCUT2D eigenvalue weighted by molar-refractivity contribution is 5.37. The van der Waals surface area contributed by atoms with Gasteiger partial charge >= 0.3 is 0 Å². The Labute approximate surface area is 106 Å². The van der Waals surface area contributed by atoms with Gasteiger partial charge in [-0.2, -0.15) is 0 Å². The summed E-state index contributed by atoms with van der Waals surface area (Å²) >= 11 is 0. The van der Waals surface area contributed by atoms with Gasteiger partial charge in [-0.25, -0.2) is 9.97 Å². The molecule has 2 aromatic rings. The Morgan fingerprint density at radius 3 is 2.94 bits per heavy atom. The van der Waals surface area contributed by atoms with Gasteiger partial charge in [-0.1, -0.05) is 0 Å². The van der Waals surface area contributed by atoms with E-state index < -0.39 is 0 Å². The molecule has 0 atom stereocenters. The van der Waals surface area contributed by atoms with Crippen LogP contribution in [0.1, 0.15) is 18.4 Å². The van der Waals surface area contributed by atoms with Gasteiger partial charge in [0.05, 0.1) is 12.2 Å². The molecule has 18 heavy (non-hydrogen) atoms. The molecule has 0 aliphatic carbocycles. The first-order valence-electron chi connectivity index (χ1n) is 5.83. The predicted octanol–water partition coefficient (Wildman–Crippen LogP) is 0.183. The van der Waals surface area contributed by atoms with Crippen LogP contribution in [0.15, 0.2) is 18.7 Å². The summed E-state index contributed by atoms with van der Waals surface area (Å²) in [5, 5.41) is 8.01. The van der Waals surface area contributed by atoms with E-state index in [1.54, 1.807) is 6.33 Å². The third-order valence-corrected chi connectivity index (χ3v) is 2.72. The molecule has 0 aliphatic heterocycles. The smallest absolute Gasteiger partial charge is 0.152 e. The molecule has 0 saturated heterocycles. The lowest BCUT2D eigenvalue weighted by molar-refractivity contribution is 0.682.